The third-order valence-electron chi connectivity index (χ3n) is 1.87. The number of unbranched alkanes of at least 4 members (excludes halogenated alkanes) is 1. The van der Waals surface area contributed by atoms with Gasteiger partial charge in [0.15, 0.2) is 0 Å². The second-order valence-corrected chi connectivity index (χ2v) is 3.16. The lowest BCUT2D eigenvalue weighted by Gasteiger charge is -1.93. The summed E-state index contributed by atoms with van der Waals surface area (Å²) in [4.78, 5) is 0. The van der Waals surface area contributed by atoms with Crippen molar-refractivity contribution in [3.05, 3.63) is 35.4 Å². The Kier molecular flexibility index (Phi) is 5.09. The maximum Gasteiger partial charge on any atom is 0.0681 e. The smallest absolute Gasteiger partial charge is 0.0681 e. The van der Waals surface area contributed by atoms with E-state index in [0.717, 1.165) is 24.0 Å². The first-order chi connectivity index (χ1) is 7.36. The molecular weight excluding hydrogens is 184 g/mol. The van der Waals surface area contributed by atoms with Gasteiger partial charge < -0.3 is 5.11 Å². The standard InChI is InChI=1S/C14H14O/c1-2-3-4-5-6-7-13-8-10-14(12-15)11-9-13/h8-11,15H,2-3,12H2,1H3. The number of aliphatic hydroxyl groups excluding tert-OH is 1. The molecule has 0 saturated heterocycles. The summed E-state index contributed by atoms with van der Waals surface area (Å²) in [6.45, 7) is 2.17. The predicted molar refractivity (Wildman–Crippen MR) is 61.9 cm³/mol. The van der Waals surface area contributed by atoms with Crippen LogP contribution in [-0.2, 0) is 6.61 Å². The summed E-state index contributed by atoms with van der Waals surface area (Å²) < 4.78 is 0. The second-order valence-electron chi connectivity index (χ2n) is 3.16. The number of hydrogen-bond acceptors (Lipinski definition) is 1. The molecule has 15 heavy (non-hydrogen) atoms. The van der Waals surface area contributed by atoms with Crippen LogP contribution < -0.4 is 0 Å². The van der Waals surface area contributed by atoms with E-state index in [1.807, 2.05) is 24.3 Å². The molecule has 0 aromatic heterocycles. The van der Waals surface area contributed by atoms with Gasteiger partial charge in [-0.3, -0.25) is 0 Å². The van der Waals surface area contributed by atoms with Crippen LogP contribution in [0.15, 0.2) is 24.3 Å². The molecule has 0 unspecified atom stereocenters. The fourth-order valence-corrected chi connectivity index (χ4v) is 1.03. The Morgan fingerprint density at radius 1 is 1.13 bits per heavy atom. The molecule has 0 aliphatic heterocycles. The number of hydrogen-bond donors (Lipinski definition) is 1. The lowest BCUT2D eigenvalue weighted by atomic mass is 10.1. The molecule has 1 N–H and O–H groups in total. The van der Waals surface area contributed by atoms with Crippen molar-refractivity contribution in [2.45, 2.75) is 26.4 Å². The van der Waals surface area contributed by atoms with Gasteiger partial charge in [-0.1, -0.05) is 30.9 Å². The predicted octanol–water partition coefficient (Wildman–Crippen LogP) is 2.33. The first kappa shape index (κ1) is 11.4. The van der Waals surface area contributed by atoms with E-state index in [1.165, 1.54) is 0 Å². The molecule has 0 heterocycles. The Morgan fingerprint density at radius 2 is 1.87 bits per heavy atom. The van der Waals surface area contributed by atoms with Gasteiger partial charge in [-0.25, -0.2) is 0 Å². The van der Waals surface area contributed by atoms with E-state index < -0.39 is 0 Å². The van der Waals surface area contributed by atoms with Crippen molar-refractivity contribution >= 4 is 0 Å². The van der Waals surface area contributed by atoms with Crippen molar-refractivity contribution < 1.29 is 5.11 Å². The summed E-state index contributed by atoms with van der Waals surface area (Å²) in [7, 11) is 0. The van der Waals surface area contributed by atoms with E-state index in [1.54, 1.807) is 0 Å². The maximum absolute atomic E-state index is 8.84. The highest BCUT2D eigenvalue weighted by atomic mass is 16.3. The molecule has 1 nitrogen and oxygen atoms in total. The van der Waals surface area contributed by atoms with Gasteiger partial charge in [0.1, 0.15) is 0 Å². The van der Waals surface area contributed by atoms with Gasteiger partial charge in [0.25, 0.3) is 0 Å². The minimum Gasteiger partial charge on any atom is -0.392 e. The van der Waals surface area contributed by atoms with Gasteiger partial charge in [-0.05, 0) is 36.0 Å². The van der Waals surface area contributed by atoms with E-state index >= 15 is 0 Å². The molecule has 1 heteroatoms. The molecule has 0 atom stereocenters. The Bertz CT molecular complexity index is 407. The van der Waals surface area contributed by atoms with E-state index in [4.69, 9.17) is 5.11 Å². The van der Waals surface area contributed by atoms with Crippen molar-refractivity contribution in [1.29, 1.82) is 0 Å². The quantitative estimate of drug-likeness (QED) is 0.723. The van der Waals surface area contributed by atoms with Crippen LogP contribution >= 0.6 is 0 Å². The molecule has 0 aliphatic carbocycles. The van der Waals surface area contributed by atoms with Gasteiger partial charge >= 0.3 is 0 Å². The average molecular weight is 198 g/mol. The molecule has 0 spiro atoms. The number of benzene rings is 1. The summed E-state index contributed by atoms with van der Waals surface area (Å²) in [6.07, 6.45) is 1.97. The zero-order valence-electron chi connectivity index (χ0n) is 8.88. The minimum atomic E-state index is 0.0734. The monoisotopic (exact) mass is 198 g/mol. The molecule has 0 aliphatic rings. The summed E-state index contributed by atoms with van der Waals surface area (Å²) in [5.74, 6) is 11.5. The van der Waals surface area contributed by atoms with E-state index in [9.17, 15) is 0 Å². The van der Waals surface area contributed by atoms with Gasteiger partial charge in [-0.2, -0.15) is 0 Å². The number of aliphatic hydroxyl groups is 1. The van der Waals surface area contributed by atoms with Crippen LogP contribution in [0.5, 0.6) is 0 Å². The van der Waals surface area contributed by atoms with Crippen molar-refractivity contribution in [2.75, 3.05) is 0 Å². The Labute approximate surface area is 91.1 Å². The van der Waals surface area contributed by atoms with Crippen LogP contribution in [0.25, 0.3) is 0 Å². The van der Waals surface area contributed by atoms with Crippen LogP contribution in [-0.4, -0.2) is 5.11 Å². The maximum atomic E-state index is 8.84. The molecule has 0 saturated carbocycles. The van der Waals surface area contributed by atoms with Crippen LogP contribution in [0, 0.1) is 23.7 Å². The third kappa shape index (κ3) is 4.36. The number of rotatable bonds is 2. The second kappa shape index (κ2) is 6.71. The first-order valence-corrected chi connectivity index (χ1v) is 5.05. The highest BCUT2D eigenvalue weighted by Gasteiger charge is 1.88. The largest absolute Gasteiger partial charge is 0.392 e. The molecule has 1 rings (SSSR count). The molecule has 76 valence electrons. The molecule has 1 aromatic rings. The molecule has 0 amide bonds. The highest BCUT2D eigenvalue weighted by molar-refractivity contribution is 5.40. The Balaban J connectivity index is 2.61. The summed E-state index contributed by atoms with van der Waals surface area (Å²) in [6, 6.07) is 7.51. The van der Waals surface area contributed by atoms with Gasteiger partial charge in [0.05, 0.1) is 6.61 Å². The fraction of sp³-hybridized carbons (Fsp3) is 0.286. The summed E-state index contributed by atoms with van der Waals surface area (Å²) in [5.41, 5.74) is 1.83. The molecular formula is C14H14O. The molecule has 0 bridgehead atoms. The van der Waals surface area contributed by atoms with E-state index in [0.29, 0.717) is 0 Å². The van der Waals surface area contributed by atoms with Crippen LogP contribution in [0.1, 0.15) is 30.9 Å². The first-order valence-electron chi connectivity index (χ1n) is 5.05. The Hall–Kier alpha value is -1.70. The molecule has 1 aromatic carbocycles. The van der Waals surface area contributed by atoms with Crippen LogP contribution in [0.4, 0.5) is 0 Å². The third-order valence-corrected chi connectivity index (χ3v) is 1.87. The molecule has 0 fully saturated rings. The summed E-state index contributed by atoms with van der Waals surface area (Å²) in [5, 5.41) is 8.84. The highest BCUT2D eigenvalue weighted by Crippen LogP contribution is 2.02. The zero-order chi connectivity index (χ0) is 10.9. The van der Waals surface area contributed by atoms with E-state index in [2.05, 4.69) is 30.6 Å². The lowest BCUT2D eigenvalue weighted by Crippen LogP contribution is -1.81. The zero-order valence-corrected chi connectivity index (χ0v) is 8.88. The fourth-order valence-electron chi connectivity index (χ4n) is 1.03. The van der Waals surface area contributed by atoms with Gasteiger partial charge in [-0.15, -0.1) is 0 Å². The SMILES string of the molecule is CCCC#CC#Cc1ccc(CO)cc1. The van der Waals surface area contributed by atoms with Crippen molar-refractivity contribution in [1.82, 2.24) is 0 Å². The van der Waals surface area contributed by atoms with Crippen molar-refractivity contribution in [3.63, 3.8) is 0 Å². The van der Waals surface area contributed by atoms with Crippen LogP contribution in [0.3, 0.4) is 0 Å². The lowest BCUT2D eigenvalue weighted by molar-refractivity contribution is 0.282. The van der Waals surface area contributed by atoms with E-state index in [-0.39, 0.29) is 6.61 Å². The minimum absolute atomic E-state index is 0.0734. The van der Waals surface area contributed by atoms with Gasteiger partial charge in [0.2, 0.25) is 0 Å². The Morgan fingerprint density at radius 3 is 2.47 bits per heavy atom. The average Bonchev–Trinajstić information content (AvgIpc) is 2.30. The van der Waals surface area contributed by atoms with Gasteiger partial charge in [0, 0.05) is 12.0 Å². The van der Waals surface area contributed by atoms with Crippen molar-refractivity contribution in [3.8, 4) is 23.7 Å². The van der Waals surface area contributed by atoms with Crippen LogP contribution in [0.2, 0.25) is 0 Å². The van der Waals surface area contributed by atoms with Crippen molar-refractivity contribution in [2.24, 2.45) is 0 Å². The molecule has 0 radical (unpaired) electrons. The summed E-state index contributed by atoms with van der Waals surface area (Å²) >= 11 is 0. The topological polar surface area (TPSA) is 20.2 Å². The normalized spacial score (nSPS) is 8.40.